The van der Waals surface area contributed by atoms with Gasteiger partial charge in [0, 0.05) is 23.4 Å². The maximum Gasteiger partial charge on any atom is 0.227 e. The van der Waals surface area contributed by atoms with Gasteiger partial charge >= 0.3 is 0 Å². The van der Waals surface area contributed by atoms with E-state index in [-0.39, 0.29) is 11.9 Å². The number of nitrogens with one attached hydrogen (secondary N) is 1. The first-order chi connectivity index (χ1) is 13.0. The minimum Gasteiger partial charge on any atom is -0.349 e. The van der Waals surface area contributed by atoms with E-state index in [4.69, 9.17) is 16.1 Å². The van der Waals surface area contributed by atoms with Crippen LogP contribution in [0.15, 0.2) is 53.1 Å². The maximum absolute atomic E-state index is 12.3. The fourth-order valence-electron chi connectivity index (χ4n) is 2.78. The Morgan fingerprint density at radius 3 is 2.52 bits per heavy atom. The van der Waals surface area contributed by atoms with Gasteiger partial charge in [0.2, 0.25) is 17.6 Å². The van der Waals surface area contributed by atoms with Gasteiger partial charge in [0.15, 0.2) is 0 Å². The highest BCUT2D eigenvalue weighted by molar-refractivity contribution is 6.30. The molecule has 3 rings (SSSR count). The van der Waals surface area contributed by atoms with Crippen LogP contribution in [0.25, 0.3) is 11.4 Å². The fraction of sp³-hybridized carbons (Fsp3) is 0.286. The lowest BCUT2D eigenvalue weighted by atomic mass is 10.0. The van der Waals surface area contributed by atoms with Crippen LogP contribution in [0.2, 0.25) is 5.02 Å². The summed E-state index contributed by atoms with van der Waals surface area (Å²) < 4.78 is 5.27. The average molecular weight is 384 g/mol. The highest BCUT2D eigenvalue weighted by atomic mass is 35.5. The molecule has 0 radical (unpaired) electrons. The number of hydrogen-bond donors (Lipinski definition) is 1. The number of halogens is 1. The number of aryl methyl sites for hydroxylation is 2. The number of amides is 1. The van der Waals surface area contributed by atoms with Crippen LogP contribution in [0, 0.1) is 6.92 Å². The zero-order valence-corrected chi connectivity index (χ0v) is 16.2. The van der Waals surface area contributed by atoms with Crippen molar-refractivity contribution in [1.82, 2.24) is 15.5 Å². The minimum absolute atomic E-state index is 0.0411. The zero-order chi connectivity index (χ0) is 19.2. The molecule has 0 saturated carbocycles. The van der Waals surface area contributed by atoms with Crippen molar-refractivity contribution in [3.8, 4) is 11.4 Å². The van der Waals surface area contributed by atoms with Crippen molar-refractivity contribution in [1.29, 1.82) is 0 Å². The molecule has 2 aromatic carbocycles. The van der Waals surface area contributed by atoms with Gasteiger partial charge in [0.1, 0.15) is 0 Å². The van der Waals surface area contributed by atoms with Gasteiger partial charge in [-0.1, -0.05) is 65.6 Å². The summed E-state index contributed by atoms with van der Waals surface area (Å²) in [5, 5.41) is 7.72. The summed E-state index contributed by atoms with van der Waals surface area (Å²) >= 11 is 5.93. The lowest BCUT2D eigenvalue weighted by Crippen LogP contribution is -2.28. The summed E-state index contributed by atoms with van der Waals surface area (Å²) in [6, 6.07) is 15.4. The summed E-state index contributed by atoms with van der Waals surface area (Å²) in [6.07, 6.45) is 1.49. The number of aromatic nitrogens is 2. The van der Waals surface area contributed by atoms with E-state index in [1.165, 1.54) is 5.56 Å². The Morgan fingerprint density at radius 1 is 1.15 bits per heavy atom. The molecule has 1 amide bonds. The van der Waals surface area contributed by atoms with E-state index >= 15 is 0 Å². The predicted octanol–water partition coefficient (Wildman–Crippen LogP) is 4.90. The van der Waals surface area contributed by atoms with Crippen LogP contribution in [-0.2, 0) is 11.2 Å². The largest absolute Gasteiger partial charge is 0.349 e. The Kier molecular flexibility index (Phi) is 6.24. The highest BCUT2D eigenvalue weighted by Gasteiger charge is 2.15. The minimum atomic E-state index is -0.0492. The molecule has 3 aromatic rings. The van der Waals surface area contributed by atoms with Crippen molar-refractivity contribution in [2.45, 2.75) is 39.2 Å². The lowest BCUT2D eigenvalue weighted by molar-refractivity contribution is -0.121. The van der Waals surface area contributed by atoms with Gasteiger partial charge in [-0.05, 0) is 31.0 Å². The number of benzene rings is 2. The van der Waals surface area contributed by atoms with Crippen LogP contribution in [0.5, 0.6) is 0 Å². The van der Waals surface area contributed by atoms with Crippen molar-refractivity contribution in [2.75, 3.05) is 0 Å². The maximum atomic E-state index is 12.3. The van der Waals surface area contributed by atoms with Crippen molar-refractivity contribution < 1.29 is 9.32 Å². The number of nitrogens with zero attached hydrogens (tertiary/aromatic N) is 2. The summed E-state index contributed by atoms with van der Waals surface area (Å²) in [6.45, 7) is 4.06. The molecule has 1 N–H and O–H groups in total. The molecule has 0 bridgehead atoms. The van der Waals surface area contributed by atoms with E-state index in [9.17, 15) is 4.79 Å². The molecular formula is C21H22ClN3O2. The summed E-state index contributed by atoms with van der Waals surface area (Å²) in [5.41, 5.74) is 3.11. The van der Waals surface area contributed by atoms with E-state index < -0.39 is 0 Å². The standard InChI is InChI=1S/C21H22ClN3O2/c1-3-18(15-8-10-17(22)11-9-15)23-19(26)12-13-20-24-21(25-27-20)16-6-4-14(2)5-7-16/h4-11,18H,3,12-13H2,1-2H3,(H,23,26). The van der Waals surface area contributed by atoms with E-state index in [1.54, 1.807) is 0 Å². The van der Waals surface area contributed by atoms with Gasteiger partial charge < -0.3 is 9.84 Å². The molecule has 1 aromatic heterocycles. The third-order valence-electron chi connectivity index (χ3n) is 4.36. The third-order valence-corrected chi connectivity index (χ3v) is 4.61. The van der Waals surface area contributed by atoms with E-state index in [0.717, 1.165) is 17.5 Å². The van der Waals surface area contributed by atoms with Gasteiger partial charge in [-0.15, -0.1) is 0 Å². The zero-order valence-electron chi connectivity index (χ0n) is 15.4. The Bertz CT molecular complexity index is 889. The summed E-state index contributed by atoms with van der Waals surface area (Å²) in [5.74, 6) is 0.949. The molecule has 1 heterocycles. The van der Waals surface area contributed by atoms with E-state index in [2.05, 4.69) is 15.5 Å². The third kappa shape index (κ3) is 5.17. The van der Waals surface area contributed by atoms with Crippen molar-refractivity contribution in [2.24, 2.45) is 0 Å². The Hall–Kier alpha value is -2.66. The van der Waals surface area contributed by atoms with Gasteiger partial charge in [-0.2, -0.15) is 4.98 Å². The normalized spacial score (nSPS) is 12.0. The molecule has 6 heteroatoms. The van der Waals surface area contributed by atoms with Crippen molar-refractivity contribution >= 4 is 17.5 Å². The summed E-state index contributed by atoms with van der Waals surface area (Å²) in [7, 11) is 0. The smallest absolute Gasteiger partial charge is 0.227 e. The van der Waals surface area contributed by atoms with Crippen LogP contribution >= 0.6 is 11.6 Å². The van der Waals surface area contributed by atoms with E-state index in [0.29, 0.717) is 29.6 Å². The van der Waals surface area contributed by atoms with Crippen LogP contribution in [-0.4, -0.2) is 16.0 Å². The molecule has 5 nitrogen and oxygen atoms in total. The molecule has 0 aliphatic carbocycles. The SMILES string of the molecule is CCC(NC(=O)CCc1nc(-c2ccc(C)cc2)no1)c1ccc(Cl)cc1. The molecule has 27 heavy (non-hydrogen) atoms. The monoisotopic (exact) mass is 383 g/mol. The molecule has 0 aliphatic rings. The number of hydrogen-bond acceptors (Lipinski definition) is 4. The first-order valence-electron chi connectivity index (χ1n) is 8.99. The predicted molar refractivity (Wildman–Crippen MR) is 105 cm³/mol. The highest BCUT2D eigenvalue weighted by Crippen LogP contribution is 2.20. The Balaban J connectivity index is 1.55. The summed E-state index contributed by atoms with van der Waals surface area (Å²) in [4.78, 5) is 16.7. The molecule has 1 unspecified atom stereocenters. The second-order valence-corrected chi connectivity index (χ2v) is 6.89. The van der Waals surface area contributed by atoms with Crippen molar-refractivity contribution in [3.63, 3.8) is 0 Å². The Labute approximate surface area is 163 Å². The second kappa shape index (κ2) is 8.82. The molecule has 140 valence electrons. The number of rotatable bonds is 7. The van der Waals surface area contributed by atoms with Gasteiger partial charge in [0.05, 0.1) is 6.04 Å². The Morgan fingerprint density at radius 2 is 1.85 bits per heavy atom. The van der Waals surface area contributed by atoms with Crippen LogP contribution < -0.4 is 5.32 Å². The second-order valence-electron chi connectivity index (χ2n) is 6.46. The van der Waals surface area contributed by atoms with Gasteiger partial charge in [-0.3, -0.25) is 4.79 Å². The first kappa shape index (κ1) is 19.1. The molecule has 1 atom stereocenters. The van der Waals surface area contributed by atoms with Crippen molar-refractivity contribution in [3.05, 3.63) is 70.6 Å². The molecule has 0 spiro atoms. The fourth-order valence-corrected chi connectivity index (χ4v) is 2.91. The number of carbonyl (C=O) groups excluding carboxylic acids is 1. The average Bonchev–Trinajstić information content (AvgIpc) is 3.15. The van der Waals surface area contributed by atoms with Crippen LogP contribution in [0.3, 0.4) is 0 Å². The first-order valence-corrected chi connectivity index (χ1v) is 9.37. The van der Waals surface area contributed by atoms with Gasteiger partial charge in [0.25, 0.3) is 0 Å². The van der Waals surface area contributed by atoms with Crippen LogP contribution in [0.4, 0.5) is 0 Å². The van der Waals surface area contributed by atoms with Gasteiger partial charge in [-0.25, -0.2) is 0 Å². The quantitative estimate of drug-likeness (QED) is 0.630. The molecular weight excluding hydrogens is 362 g/mol. The topological polar surface area (TPSA) is 68.0 Å². The number of carbonyl (C=O) groups is 1. The molecule has 0 saturated heterocycles. The lowest BCUT2D eigenvalue weighted by Gasteiger charge is -2.17. The van der Waals surface area contributed by atoms with E-state index in [1.807, 2.05) is 62.4 Å². The van der Waals surface area contributed by atoms with Crippen LogP contribution in [0.1, 0.15) is 42.8 Å². The molecule has 0 fully saturated rings. The molecule has 0 aliphatic heterocycles.